The van der Waals surface area contributed by atoms with Gasteiger partial charge in [-0.05, 0) is 14.0 Å². The zero-order chi connectivity index (χ0) is 12.7. The van der Waals surface area contributed by atoms with Crippen molar-refractivity contribution in [3.05, 3.63) is 22.4 Å². The van der Waals surface area contributed by atoms with E-state index in [1.54, 1.807) is 4.52 Å². The number of hydrogen-bond donors (Lipinski definition) is 1. The van der Waals surface area contributed by atoms with Crippen molar-refractivity contribution < 1.29 is 0 Å². The first-order chi connectivity index (χ1) is 8.66. The van der Waals surface area contributed by atoms with E-state index < -0.39 is 0 Å². The van der Waals surface area contributed by atoms with Crippen LogP contribution in [0.5, 0.6) is 0 Å². The van der Waals surface area contributed by atoms with Crippen LogP contribution in [0.2, 0.25) is 0 Å². The number of nitrogens with zero attached hydrogens (tertiary/aromatic N) is 5. The van der Waals surface area contributed by atoms with Gasteiger partial charge in [0.05, 0.1) is 5.69 Å². The highest BCUT2D eigenvalue weighted by molar-refractivity contribution is 5.55. The molecule has 0 amide bonds. The minimum absolute atomic E-state index is 0.143. The number of H-pyrrole nitrogens is 1. The zero-order valence-corrected chi connectivity index (χ0v) is 10.6. The molecule has 7 nitrogen and oxygen atoms in total. The molecule has 0 radical (unpaired) electrons. The summed E-state index contributed by atoms with van der Waals surface area (Å²) in [6, 6.07) is 0. The fourth-order valence-electron chi connectivity index (χ4n) is 2.30. The van der Waals surface area contributed by atoms with Crippen LogP contribution in [0.15, 0.2) is 11.1 Å². The summed E-state index contributed by atoms with van der Waals surface area (Å²) in [6.07, 6.45) is 1.41. The number of piperazine rings is 1. The van der Waals surface area contributed by atoms with Crippen molar-refractivity contribution in [2.24, 2.45) is 0 Å². The van der Waals surface area contributed by atoms with Gasteiger partial charge in [-0.2, -0.15) is 9.61 Å². The van der Waals surface area contributed by atoms with Crippen LogP contribution in [0.1, 0.15) is 5.69 Å². The van der Waals surface area contributed by atoms with Gasteiger partial charge in [0, 0.05) is 26.2 Å². The molecule has 1 aliphatic heterocycles. The van der Waals surface area contributed by atoms with Crippen molar-refractivity contribution in [3.63, 3.8) is 0 Å². The Labute approximate surface area is 104 Å². The Morgan fingerprint density at radius 1 is 1.28 bits per heavy atom. The molecule has 3 heterocycles. The molecule has 0 spiro atoms. The molecule has 1 aliphatic rings. The molecule has 18 heavy (non-hydrogen) atoms. The van der Waals surface area contributed by atoms with Crippen molar-refractivity contribution >= 4 is 11.5 Å². The number of fused-ring (bicyclic) bond motifs is 1. The Morgan fingerprint density at radius 3 is 2.72 bits per heavy atom. The van der Waals surface area contributed by atoms with Crippen LogP contribution >= 0.6 is 0 Å². The second-order valence-corrected chi connectivity index (χ2v) is 4.67. The largest absolute Gasteiger partial charge is 0.338 e. The van der Waals surface area contributed by atoms with Crippen molar-refractivity contribution in [1.29, 1.82) is 0 Å². The molecule has 0 aromatic carbocycles. The third-order valence-corrected chi connectivity index (χ3v) is 3.38. The molecule has 0 unspecified atom stereocenters. The number of rotatable bonds is 1. The first kappa shape index (κ1) is 11.2. The van der Waals surface area contributed by atoms with E-state index in [1.165, 1.54) is 6.33 Å². The van der Waals surface area contributed by atoms with E-state index in [2.05, 4.69) is 31.9 Å². The average molecular weight is 248 g/mol. The van der Waals surface area contributed by atoms with Crippen LogP contribution in [0.25, 0.3) is 5.52 Å². The molecule has 0 aliphatic carbocycles. The molecule has 96 valence electrons. The summed E-state index contributed by atoms with van der Waals surface area (Å²) in [6.45, 7) is 5.65. The Balaban J connectivity index is 2.08. The second kappa shape index (κ2) is 4.09. The highest BCUT2D eigenvalue weighted by atomic mass is 16.1. The van der Waals surface area contributed by atoms with E-state index in [4.69, 9.17) is 0 Å². The molecule has 0 saturated carbocycles. The van der Waals surface area contributed by atoms with Crippen molar-refractivity contribution in [1.82, 2.24) is 24.5 Å². The standard InChI is InChI=1S/C11H16N6O/c1-8-9-10(18)12-7-13-17(9)11(14-8)16-5-3-15(2)4-6-16/h7H,3-6H2,1-2H3,(H,12,13,18). The zero-order valence-electron chi connectivity index (χ0n) is 10.6. The van der Waals surface area contributed by atoms with Crippen molar-refractivity contribution in [2.75, 3.05) is 38.1 Å². The Morgan fingerprint density at radius 2 is 2.00 bits per heavy atom. The van der Waals surface area contributed by atoms with Crippen molar-refractivity contribution in [2.45, 2.75) is 6.92 Å². The predicted octanol–water partition coefficient (Wildman–Crippen LogP) is -0.522. The third kappa shape index (κ3) is 1.67. The third-order valence-electron chi connectivity index (χ3n) is 3.38. The maximum atomic E-state index is 11.8. The van der Waals surface area contributed by atoms with E-state index in [9.17, 15) is 4.79 Å². The van der Waals surface area contributed by atoms with Crippen LogP contribution < -0.4 is 10.5 Å². The maximum absolute atomic E-state index is 11.8. The van der Waals surface area contributed by atoms with E-state index in [0.29, 0.717) is 5.52 Å². The van der Waals surface area contributed by atoms with Crippen LogP contribution in [-0.2, 0) is 0 Å². The van der Waals surface area contributed by atoms with E-state index in [0.717, 1.165) is 37.8 Å². The molecule has 3 rings (SSSR count). The molecule has 7 heteroatoms. The Hall–Kier alpha value is -1.89. The number of aromatic amines is 1. The SMILES string of the molecule is Cc1nc(N2CCN(C)CC2)n2nc[nH]c(=O)c12. The molecule has 2 aromatic heterocycles. The first-order valence-electron chi connectivity index (χ1n) is 6.03. The molecule has 1 fully saturated rings. The lowest BCUT2D eigenvalue weighted by Gasteiger charge is -2.32. The average Bonchev–Trinajstić information content (AvgIpc) is 2.69. The van der Waals surface area contributed by atoms with Gasteiger partial charge in [-0.25, -0.2) is 4.98 Å². The minimum Gasteiger partial charge on any atom is -0.338 e. The summed E-state index contributed by atoms with van der Waals surface area (Å²) < 4.78 is 1.64. The van der Waals surface area contributed by atoms with Gasteiger partial charge >= 0.3 is 0 Å². The number of aromatic nitrogens is 4. The summed E-state index contributed by atoms with van der Waals surface area (Å²) >= 11 is 0. The van der Waals surface area contributed by atoms with Gasteiger partial charge in [0.25, 0.3) is 5.56 Å². The highest BCUT2D eigenvalue weighted by Crippen LogP contribution is 2.16. The molecule has 1 saturated heterocycles. The van der Waals surface area contributed by atoms with E-state index in [-0.39, 0.29) is 5.56 Å². The summed E-state index contributed by atoms with van der Waals surface area (Å²) in [5.74, 6) is 0.765. The smallest absolute Gasteiger partial charge is 0.277 e. The van der Waals surface area contributed by atoms with Crippen molar-refractivity contribution in [3.8, 4) is 0 Å². The fourth-order valence-corrected chi connectivity index (χ4v) is 2.30. The topological polar surface area (TPSA) is 69.5 Å². The lowest BCUT2D eigenvalue weighted by molar-refractivity contribution is 0.310. The fraction of sp³-hybridized carbons (Fsp3) is 0.545. The summed E-state index contributed by atoms with van der Waals surface area (Å²) in [4.78, 5) is 23.3. The number of imidazole rings is 1. The molecular formula is C11H16N6O. The highest BCUT2D eigenvalue weighted by Gasteiger charge is 2.21. The molecule has 2 aromatic rings. The van der Waals surface area contributed by atoms with E-state index in [1.807, 2.05) is 6.92 Å². The first-order valence-corrected chi connectivity index (χ1v) is 6.03. The quantitative estimate of drug-likeness (QED) is 0.735. The van der Waals surface area contributed by atoms with Gasteiger partial charge in [-0.3, -0.25) is 4.79 Å². The number of anilines is 1. The minimum atomic E-state index is -0.143. The Kier molecular flexibility index (Phi) is 2.55. The predicted molar refractivity (Wildman–Crippen MR) is 68.1 cm³/mol. The van der Waals surface area contributed by atoms with Crippen LogP contribution in [0.3, 0.4) is 0 Å². The molecule has 0 bridgehead atoms. The molecule has 0 atom stereocenters. The molecular weight excluding hydrogens is 232 g/mol. The van der Waals surface area contributed by atoms with Crippen LogP contribution in [0, 0.1) is 6.92 Å². The van der Waals surface area contributed by atoms with E-state index >= 15 is 0 Å². The number of likely N-dealkylation sites (N-methyl/N-ethyl adjacent to an activating group) is 1. The summed E-state index contributed by atoms with van der Waals surface area (Å²) in [7, 11) is 2.11. The Bertz CT molecular complexity index is 622. The number of aryl methyl sites for hydroxylation is 1. The lowest BCUT2D eigenvalue weighted by Crippen LogP contribution is -2.45. The van der Waals surface area contributed by atoms with Gasteiger partial charge in [0.15, 0.2) is 5.52 Å². The maximum Gasteiger partial charge on any atom is 0.277 e. The normalized spacial score (nSPS) is 17.6. The van der Waals surface area contributed by atoms with Crippen LogP contribution in [0.4, 0.5) is 5.95 Å². The van der Waals surface area contributed by atoms with Gasteiger partial charge in [-0.1, -0.05) is 0 Å². The summed E-state index contributed by atoms with van der Waals surface area (Å²) in [5.41, 5.74) is 1.11. The van der Waals surface area contributed by atoms with Gasteiger partial charge in [0.1, 0.15) is 6.33 Å². The molecule has 1 N–H and O–H groups in total. The van der Waals surface area contributed by atoms with Crippen LogP contribution in [-0.4, -0.2) is 57.7 Å². The monoisotopic (exact) mass is 248 g/mol. The number of hydrogen-bond acceptors (Lipinski definition) is 5. The second-order valence-electron chi connectivity index (χ2n) is 4.67. The lowest BCUT2D eigenvalue weighted by atomic mass is 10.3. The van der Waals surface area contributed by atoms with Gasteiger partial charge in [0.2, 0.25) is 5.95 Å². The number of nitrogens with one attached hydrogen (secondary N) is 1. The van der Waals surface area contributed by atoms with Gasteiger partial charge in [-0.15, -0.1) is 0 Å². The van der Waals surface area contributed by atoms with Gasteiger partial charge < -0.3 is 14.8 Å². The summed E-state index contributed by atoms with van der Waals surface area (Å²) in [5, 5.41) is 4.20.